The molecule has 5 aliphatic heterocycles. The van der Waals surface area contributed by atoms with Crippen LogP contribution in [0.3, 0.4) is 0 Å². The van der Waals surface area contributed by atoms with E-state index in [1.807, 2.05) is 68.4 Å². The first-order valence-electron chi connectivity index (χ1n) is 13.1. The third-order valence-corrected chi connectivity index (χ3v) is 6.98. The average molecular weight is 531 g/mol. The molecule has 7 nitrogen and oxygen atoms in total. The summed E-state index contributed by atoms with van der Waals surface area (Å²) in [6, 6.07) is 30.4. The highest BCUT2D eigenvalue weighted by molar-refractivity contribution is 5.82. The van der Waals surface area contributed by atoms with Crippen LogP contribution in [0, 0.1) is 0 Å². The Balaban J connectivity index is 0.000000109. The van der Waals surface area contributed by atoms with E-state index in [2.05, 4.69) is 57.5 Å². The molecule has 0 radical (unpaired) electrons. The highest BCUT2D eigenvalue weighted by Crippen LogP contribution is 2.50. The summed E-state index contributed by atoms with van der Waals surface area (Å²) in [6.45, 7) is 10.4. The molecule has 4 unspecified atom stereocenters. The molecule has 1 spiro atoms. The number of ether oxygens (including phenoxy) is 4. The number of cyclic esters (lactones) is 1. The second-order valence-corrected chi connectivity index (χ2v) is 10.3. The topological polar surface area (TPSA) is 82.4 Å². The van der Waals surface area contributed by atoms with E-state index in [0.717, 1.165) is 31.1 Å². The summed E-state index contributed by atoms with van der Waals surface area (Å²) in [5, 5.41) is 0. The van der Waals surface area contributed by atoms with Crippen LogP contribution in [-0.4, -0.2) is 44.0 Å². The van der Waals surface area contributed by atoms with Crippen molar-refractivity contribution < 1.29 is 33.5 Å². The Bertz CT molecular complexity index is 1170. The van der Waals surface area contributed by atoms with Gasteiger partial charge in [0.15, 0.2) is 0 Å². The SMILES string of the molecule is C=C1OCC1c1ccccc1.CC1(C)OO1.O=C1OCC1c1ccccc1.c1ccc(C2COC23CO3)cc1. The van der Waals surface area contributed by atoms with Gasteiger partial charge in [-0.1, -0.05) is 97.6 Å². The summed E-state index contributed by atoms with van der Waals surface area (Å²) in [6.07, 6.45) is 0. The number of epoxide rings is 1. The average Bonchev–Trinajstić information content (AvgIpc) is 3.87. The van der Waals surface area contributed by atoms with Crippen molar-refractivity contribution in [2.75, 3.05) is 26.4 Å². The van der Waals surface area contributed by atoms with E-state index < -0.39 is 0 Å². The number of carbonyl (C=O) groups is 1. The maximum atomic E-state index is 10.8. The Morgan fingerprint density at radius 2 is 1.13 bits per heavy atom. The van der Waals surface area contributed by atoms with E-state index in [1.165, 1.54) is 11.1 Å². The van der Waals surface area contributed by atoms with Gasteiger partial charge in [-0.15, -0.1) is 0 Å². The summed E-state index contributed by atoms with van der Waals surface area (Å²) < 4.78 is 20.4. The van der Waals surface area contributed by atoms with Crippen LogP contribution in [0.15, 0.2) is 103 Å². The molecule has 5 aliphatic rings. The Morgan fingerprint density at radius 3 is 1.41 bits per heavy atom. The molecule has 204 valence electrons. The molecule has 0 amide bonds. The van der Waals surface area contributed by atoms with Gasteiger partial charge < -0.3 is 18.9 Å². The van der Waals surface area contributed by atoms with Gasteiger partial charge in [0.25, 0.3) is 0 Å². The molecule has 3 aromatic carbocycles. The van der Waals surface area contributed by atoms with E-state index >= 15 is 0 Å². The lowest BCUT2D eigenvalue weighted by molar-refractivity contribution is -0.162. The summed E-state index contributed by atoms with van der Waals surface area (Å²) in [5.74, 6) is 1.25. The van der Waals surface area contributed by atoms with Gasteiger partial charge in [0, 0.05) is 0 Å². The number of rotatable bonds is 3. The van der Waals surface area contributed by atoms with Crippen LogP contribution in [0.4, 0.5) is 0 Å². The van der Waals surface area contributed by atoms with Crippen LogP contribution in [0.2, 0.25) is 0 Å². The Hall–Kier alpha value is -3.49. The zero-order valence-electron chi connectivity index (χ0n) is 22.3. The molecule has 0 aliphatic carbocycles. The number of hydrogen-bond donors (Lipinski definition) is 0. The molecular weight excluding hydrogens is 496 g/mol. The first-order valence-corrected chi connectivity index (χ1v) is 13.1. The molecule has 3 aromatic rings. The van der Waals surface area contributed by atoms with Crippen molar-refractivity contribution in [2.24, 2.45) is 0 Å². The van der Waals surface area contributed by atoms with Gasteiger partial charge in [-0.25, -0.2) is 0 Å². The summed E-state index contributed by atoms with van der Waals surface area (Å²) in [5.41, 5.74) is 3.70. The minimum Gasteiger partial charge on any atom is -0.497 e. The predicted molar refractivity (Wildman–Crippen MR) is 144 cm³/mol. The van der Waals surface area contributed by atoms with E-state index in [1.54, 1.807) is 0 Å². The van der Waals surface area contributed by atoms with Crippen LogP contribution >= 0.6 is 0 Å². The van der Waals surface area contributed by atoms with Crippen molar-refractivity contribution in [1.29, 1.82) is 0 Å². The maximum absolute atomic E-state index is 10.8. The highest BCUT2D eigenvalue weighted by Gasteiger charge is 2.60. The zero-order chi connectivity index (χ0) is 27.3. The highest BCUT2D eigenvalue weighted by atomic mass is 17.4. The smallest absolute Gasteiger partial charge is 0.316 e. The zero-order valence-corrected chi connectivity index (χ0v) is 22.3. The van der Waals surface area contributed by atoms with Gasteiger partial charge in [-0.05, 0) is 30.5 Å². The molecule has 8 rings (SSSR count). The molecule has 0 aromatic heterocycles. The minimum absolute atomic E-state index is 0.00352. The Morgan fingerprint density at radius 1 is 0.667 bits per heavy atom. The van der Waals surface area contributed by atoms with Crippen molar-refractivity contribution in [3.8, 4) is 0 Å². The lowest BCUT2D eigenvalue weighted by Gasteiger charge is -2.34. The first-order chi connectivity index (χ1) is 18.9. The molecule has 5 heterocycles. The molecule has 4 atom stereocenters. The summed E-state index contributed by atoms with van der Waals surface area (Å²) in [4.78, 5) is 19.6. The molecule has 0 N–H and O–H groups in total. The minimum atomic E-state index is -0.250. The van der Waals surface area contributed by atoms with Crippen molar-refractivity contribution in [2.45, 2.75) is 43.2 Å². The standard InChI is InChI=1S/C10H10O2.C10H10O.C9H8O2.C3H6O2/c1-2-4-8(5-3-1)9-6-11-10(9)7-12-10;1-8-10(7-11-8)9-5-3-2-4-6-9;10-9-8(6-11-9)7-4-2-1-3-5-7;1-3(2)4-5-3/h1-5,9H,6-7H2;2-6,10H,1,7H2;1-5,8H,6H2;1-2H3. The number of benzene rings is 3. The van der Waals surface area contributed by atoms with Crippen LogP contribution in [0.1, 0.15) is 48.3 Å². The lowest BCUT2D eigenvalue weighted by atomic mass is 9.90. The van der Waals surface area contributed by atoms with Gasteiger partial charge in [0.05, 0.1) is 24.2 Å². The molecule has 0 bridgehead atoms. The van der Waals surface area contributed by atoms with Crippen LogP contribution in [0.5, 0.6) is 0 Å². The van der Waals surface area contributed by atoms with Crippen molar-refractivity contribution in [1.82, 2.24) is 0 Å². The number of carbonyl (C=O) groups excluding carboxylic acids is 1. The quantitative estimate of drug-likeness (QED) is 0.239. The number of esters is 1. The second kappa shape index (κ2) is 11.7. The molecular formula is C32H34O7. The van der Waals surface area contributed by atoms with E-state index in [9.17, 15) is 4.79 Å². The van der Waals surface area contributed by atoms with Gasteiger partial charge >= 0.3 is 5.97 Å². The normalized spacial score (nSPS) is 28.0. The van der Waals surface area contributed by atoms with E-state index in [4.69, 9.17) is 14.2 Å². The van der Waals surface area contributed by atoms with Crippen molar-refractivity contribution in [3.05, 3.63) is 120 Å². The number of hydrogen-bond acceptors (Lipinski definition) is 7. The van der Waals surface area contributed by atoms with Crippen molar-refractivity contribution in [3.63, 3.8) is 0 Å². The van der Waals surface area contributed by atoms with Gasteiger partial charge in [0.2, 0.25) is 11.6 Å². The fraction of sp³-hybridized carbons (Fsp3) is 0.344. The predicted octanol–water partition coefficient (Wildman–Crippen LogP) is 5.85. The second-order valence-electron chi connectivity index (χ2n) is 10.3. The van der Waals surface area contributed by atoms with Gasteiger partial charge in [0.1, 0.15) is 25.7 Å². The van der Waals surface area contributed by atoms with Crippen molar-refractivity contribution >= 4 is 5.97 Å². The van der Waals surface area contributed by atoms with E-state index in [-0.39, 0.29) is 23.5 Å². The largest absolute Gasteiger partial charge is 0.497 e. The van der Waals surface area contributed by atoms with Gasteiger partial charge in [-0.2, -0.15) is 9.78 Å². The molecule has 5 saturated heterocycles. The molecule has 5 fully saturated rings. The molecule has 39 heavy (non-hydrogen) atoms. The monoisotopic (exact) mass is 530 g/mol. The van der Waals surface area contributed by atoms with Crippen LogP contribution < -0.4 is 0 Å². The third kappa shape index (κ3) is 6.94. The Labute approximate surface area is 229 Å². The van der Waals surface area contributed by atoms with Gasteiger partial charge in [-0.3, -0.25) is 4.79 Å². The fourth-order valence-electron chi connectivity index (χ4n) is 4.23. The maximum Gasteiger partial charge on any atom is 0.316 e. The van der Waals surface area contributed by atoms with E-state index in [0.29, 0.717) is 18.4 Å². The Kier molecular flexibility index (Phi) is 8.14. The lowest BCUT2D eigenvalue weighted by Crippen LogP contribution is -2.41. The van der Waals surface area contributed by atoms with Crippen LogP contribution in [0.25, 0.3) is 0 Å². The van der Waals surface area contributed by atoms with Crippen LogP contribution in [-0.2, 0) is 33.5 Å². The first kappa shape index (κ1) is 27.1. The summed E-state index contributed by atoms with van der Waals surface area (Å²) in [7, 11) is 0. The molecule has 0 saturated carbocycles. The third-order valence-electron chi connectivity index (χ3n) is 6.98. The molecule has 7 heteroatoms. The summed E-state index contributed by atoms with van der Waals surface area (Å²) >= 11 is 0. The fourth-order valence-corrected chi connectivity index (χ4v) is 4.23.